The summed E-state index contributed by atoms with van der Waals surface area (Å²) in [6.45, 7) is 0.989. The fraction of sp³-hybridized carbons (Fsp3) is 0.500. The molecule has 0 unspecified atom stereocenters. The van der Waals surface area contributed by atoms with Gasteiger partial charge in [0.15, 0.2) is 0 Å². The van der Waals surface area contributed by atoms with Gasteiger partial charge in [0.25, 0.3) is 0 Å². The summed E-state index contributed by atoms with van der Waals surface area (Å²) < 4.78 is 4.77. The average molecular weight is 266 g/mol. The molecule has 0 aliphatic rings. The molecule has 0 aliphatic carbocycles. The van der Waals surface area contributed by atoms with Crippen molar-refractivity contribution in [2.75, 3.05) is 37.9 Å². The number of anilines is 2. The predicted molar refractivity (Wildman–Crippen MR) is 76.4 cm³/mol. The van der Waals surface area contributed by atoms with Gasteiger partial charge in [0, 0.05) is 20.2 Å². The summed E-state index contributed by atoms with van der Waals surface area (Å²) in [6, 6.07) is 5.22. The molecular formula is C14H22N2O3. The lowest BCUT2D eigenvalue weighted by Crippen LogP contribution is -2.23. The van der Waals surface area contributed by atoms with Crippen molar-refractivity contribution in [1.29, 1.82) is 0 Å². The summed E-state index contributed by atoms with van der Waals surface area (Å²) in [4.78, 5) is 13.7. The normalized spacial score (nSPS) is 10.3. The van der Waals surface area contributed by atoms with E-state index >= 15 is 0 Å². The number of nitrogens with zero attached hydrogens (tertiary/aromatic N) is 1. The topological polar surface area (TPSA) is 75.8 Å². The molecule has 3 N–H and O–H groups in total. The van der Waals surface area contributed by atoms with Gasteiger partial charge in [-0.25, -0.2) is 4.79 Å². The van der Waals surface area contributed by atoms with Crippen molar-refractivity contribution >= 4 is 17.3 Å². The molecule has 0 saturated carbocycles. The first-order valence-corrected chi connectivity index (χ1v) is 6.40. The van der Waals surface area contributed by atoms with Gasteiger partial charge in [-0.1, -0.05) is 6.07 Å². The van der Waals surface area contributed by atoms with Gasteiger partial charge >= 0.3 is 5.97 Å². The number of unbranched alkanes of at least 4 members (excludes halogenated alkanes) is 2. The minimum absolute atomic E-state index is 0.213. The van der Waals surface area contributed by atoms with Crippen LogP contribution < -0.4 is 10.6 Å². The first kappa shape index (κ1) is 15.3. The highest BCUT2D eigenvalue weighted by atomic mass is 16.5. The maximum absolute atomic E-state index is 11.7. The highest BCUT2D eigenvalue weighted by Crippen LogP contribution is 2.27. The Balaban J connectivity index is 2.82. The zero-order valence-electron chi connectivity index (χ0n) is 11.6. The van der Waals surface area contributed by atoms with Crippen molar-refractivity contribution in [3.63, 3.8) is 0 Å². The number of rotatable bonds is 7. The summed E-state index contributed by atoms with van der Waals surface area (Å²) in [5.74, 6) is -0.385. The number of esters is 1. The molecule has 0 fully saturated rings. The van der Waals surface area contributed by atoms with E-state index in [1.54, 1.807) is 18.2 Å². The molecule has 1 aromatic rings. The fourth-order valence-electron chi connectivity index (χ4n) is 2.01. The van der Waals surface area contributed by atoms with E-state index in [1.807, 2.05) is 11.9 Å². The monoisotopic (exact) mass is 266 g/mol. The van der Waals surface area contributed by atoms with Crippen molar-refractivity contribution in [1.82, 2.24) is 0 Å². The summed E-state index contributed by atoms with van der Waals surface area (Å²) in [5, 5.41) is 8.75. The first-order valence-electron chi connectivity index (χ1n) is 6.40. The second kappa shape index (κ2) is 7.63. The first-order chi connectivity index (χ1) is 9.11. The van der Waals surface area contributed by atoms with Gasteiger partial charge in [0.1, 0.15) is 0 Å². The highest BCUT2D eigenvalue weighted by Gasteiger charge is 2.17. The van der Waals surface area contributed by atoms with Gasteiger partial charge in [0.2, 0.25) is 0 Å². The molecule has 0 aromatic heterocycles. The standard InChI is InChI=1S/C14H22N2O3/c1-16(9-4-3-5-10-17)13-11(14(18)19-2)7-6-8-12(13)15/h6-8,17H,3-5,9-10,15H2,1-2H3. The molecule has 106 valence electrons. The fourth-order valence-corrected chi connectivity index (χ4v) is 2.01. The van der Waals surface area contributed by atoms with Crippen molar-refractivity contribution in [3.05, 3.63) is 23.8 Å². The average Bonchev–Trinajstić information content (AvgIpc) is 2.42. The van der Waals surface area contributed by atoms with Crippen LogP contribution in [0.2, 0.25) is 0 Å². The van der Waals surface area contributed by atoms with E-state index in [0.29, 0.717) is 16.9 Å². The molecule has 0 saturated heterocycles. The Morgan fingerprint density at radius 1 is 1.37 bits per heavy atom. The summed E-state index contributed by atoms with van der Waals surface area (Å²) >= 11 is 0. The van der Waals surface area contributed by atoms with Gasteiger partial charge in [-0.05, 0) is 31.4 Å². The Hall–Kier alpha value is -1.75. The van der Waals surface area contributed by atoms with Crippen LogP contribution in [-0.2, 0) is 4.74 Å². The Kier molecular flexibility index (Phi) is 6.15. The molecule has 0 atom stereocenters. The molecule has 0 bridgehead atoms. The quantitative estimate of drug-likeness (QED) is 0.446. The molecule has 0 spiro atoms. The maximum Gasteiger partial charge on any atom is 0.340 e. The summed E-state index contributed by atoms with van der Waals surface area (Å²) in [6.07, 6.45) is 2.68. The lowest BCUT2D eigenvalue weighted by Gasteiger charge is -2.23. The Bertz CT molecular complexity index is 421. The molecule has 1 rings (SSSR count). The number of ether oxygens (including phenoxy) is 1. The Labute approximate surface area is 114 Å². The molecule has 0 amide bonds. The van der Waals surface area contributed by atoms with Crippen LogP contribution in [0.5, 0.6) is 0 Å². The molecule has 5 heteroatoms. The van der Waals surface area contributed by atoms with E-state index in [2.05, 4.69) is 0 Å². The minimum Gasteiger partial charge on any atom is -0.465 e. The van der Waals surface area contributed by atoms with Crippen molar-refractivity contribution in [2.45, 2.75) is 19.3 Å². The third-order valence-electron chi connectivity index (χ3n) is 3.01. The van der Waals surface area contributed by atoms with Gasteiger partial charge in [0.05, 0.1) is 24.0 Å². The highest BCUT2D eigenvalue weighted by molar-refractivity contribution is 5.99. The zero-order valence-corrected chi connectivity index (χ0v) is 11.6. The number of benzene rings is 1. The van der Waals surface area contributed by atoms with Crippen LogP contribution in [0.3, 0.4) is 0 Å². The number of nitrogens with two attached hydrogens (primary N) is 1. The molecule has 0 heterocycles. The van der Waals surface area contributed by atoms with E-state index < -0.39 is 0 Å². The summed E-state index contributed by atoms with van der Waals surface area (Å²) in [5.41, 5.74) is 7.70. The van der Waals surface area contributed by atoms with Crippen LogP contribution in [0.15, 0.2) is 18.2 Å². The summed E-state index contributed by atoms with van der Waals surface area (Å²) in [7, 11) is 3.26. The number of para-hydroxylation sites is 1. The van der Waals surface area contributed by atoms with Crippen molar-refractivity contribution in [3.8, 4) is 0 Å². The van der Waals surface area contributed by atoms with Gasteiger partial charge in [-0.15, -0.1) is 0 Å². The number of carbonyl (C=O) groups is 1. The van der Waals surface area contributed by atoms with E-state index in [0.717, 1.165) is 25.8 Å². The second-order valence-electron chi connectivity index (χ2n) is 4.44. The number of hydrogen-bond donors (Lipinski definition) is 2. The molecule has 5 nitrogen and oxygen atoms in total. The van der Waals surface area contributed by atoms with Gasteiger partial charge in [-0.3, -0.25) is 0 Å². The number of aliphatic hydroxyl groups excluding tert-OH is 1. The molecule has 1 aromatic carbocycles. The van der Waals surface area contributed by atoms with E-state index in [1.165, 1.54) is 7.11 Å². The smallest absolute Gasteiger partial charge is 0.340 e. The van der Waals surface area contributed by atoms with E-state index in [-0.39, 0.29) is 12.6 Å². The SMILES string of the molecule is COC(=O)c1cccc(N)c1N(C)CCCCCO. The van der Waals surface area contributed by atoms with Crippen molar-refractivity contribution < 1.29 is 14.6 Å². The maximum atomic E-state index is 11.7. The lowest BCUT2D eigenvalue weighted by molar-refractivity contribution is 0.0601. The van der Waals surface area contributed by atoms with Gasteiger partial charge in [-0.2, -0.15) is 0 Å². The third kappa shape index (κ3) is 4.13. The lowest BCUT2D eigenvalue weighted by atomic mass is 10.1. The van der Waals surface area contributed by atoms with Crippen LogP contribution in [-0.4, -0.2) is 38.4 Å². The van der Waals surface area contributed by atoms with Crippen LogP contribution in [0.1, 0.15) is 29.6 Å². The number of nitrogen functional groups attached to an aromatic ring is 1. The largest absolute Gasteiger partial charge is 0.465 e. The molecular weight excluding hydrogens is 244 g/mol. The molecule has 19 heavy (non-hydrogen) atoms. The molecule has 0 aliphatic heterocycles. The Morgan fingerprint density at radius 3 is 2.74 bits per heavy atom. The van der Waals surface area contributed by atoms with Gasteiger partial charge < -0.3 is 20.5 Å². The van der Waals surface area contributed by atoms with Crippen LogP contribution >= 0.6 is 0 Å². The van der Waals surface area contributed by atoms with Crippen LogP contribution in [0, 0.1) is 0 Å². The van der Waals surface area contributed by atoms with Crippen LogP contribution in [0.25, 0.3) is 0 Å². The van der Waals surface area contributed by atoms with Crippen LogP contribution in [0.4, 0.5) is 11.4 Å². The third-order valence-corrected chi connectivity index (χ3v) is 3.01. The molecule has 0 radical (unpaired) electrons. The minimum atomic E-state index is -0.385. The van der Waals surface area contributed by atoms with E-state index in [4.69, 9.17) is 15.6 Å². The zero-order chi connectivity index (χ0) is 14.3. The Morgan fingerprint density at radius 2 is 2.11 bits per heavy atom. The number of hydrogen-bond acceptors (Lipinski definition) is 5. The number of aliphatic hydroxyl groups is 1. The predicted octanol–water partition coefficient (Wildman–Crippen LogP) is 1.65. The van der Waals surface area contributed by atoms with Crippen molar-refractivity contribution in [2.24, 2.45) is 0 Å². The second-order valence-corrected chi connectivity index (χ2v) is 4.44. The number of carbonyl (C=O) groups excluding carboxylic acids is 1. The number of methoxy groups -OCH3 is 1. The van der Waals surface area contributed by atoms with E-state index in [9.17, 15) is 4.79 Å².